The molecule has 0 saturated carbocycles. The fourth-order valence-electron chi connectivity index (χ4n) is 1.95. The molecule has 0 aliphatic heterocycles. The van der Waals surface area contributed by atoms with Crippen molar-refractivity contribution in [1.29, 1.82) is 0 Å². The van der Waals surface area contributed by atoms with Crippen LogP contribution in [0.2, 0.25) is 0 Å². The van der Waals surface area contributed by atoms with Gasteiger partial charge < -0.3 is 9.84 Å². The normalized spacial score (nSPS) is 12.3. The third kappa shape index (κ3) is 3.27. The van der Waals surface area contributed by atoms with Crippen molar-refractivity contribution in [2.75, 3.05) is 7.11 Å². The van der Waals surface area contributed by atoms with Crippen LogP contribution in [0.15, 0.2) is 43.7 Å². The van der Waals surface area contributed by atoms with Gasteiger partial charge in [0.05, 0.1) is 7.11 Å². The number of aliphatic hydroxyl groups excluding tert-OH is 1. The lowest BCUT2D eigenvalue weighted by atomic mass is 9.99. The van der Waals surface area contributed by atoms with Crippen LogP contribution in [0, 0.1) is 6.92 Å². The number of aryl methyl sites for hydroxylation is 1. The smallest absolute Gasteiger partial charge is 0.125 e. The highest BCUT2D eigenvalue weighted by molar-refractivity contribution is 9.11. The Bertz CT molecular complexity index is 641. The molecule has 0 aliphatic carbocycles. The average Bonchev–Trinajstić information content (AvgIpc) is 2.40. The van der Waals surface area contributed by atoms with Gasteiger partial charge in [0, 0.05) is 19.0 Å². The van der Waals surface area contributed by atoms with Crippen LogP contribution in [-0.2, 0) is 0 Å². The molecule has 0 radical (unpaired) electrons. The standard InChI is InChI=1S/C15H13Br3O2/c1-8-5-14(20-2)11(7-12(8)17)15(19)10-4-3-9(16)6-13(10)18/h3-7,15,19H,1-2H3. The van der Waals surface area contributed by atoms with E-state index in [2.05, 4.69) is 47.8 Å². The predicted octanol–water partition coefficient (Wildman–Crippen LogP) is 5.37. The predicted molar refractivity (Wildman–Crippen MR) is 91.3 cm³/mol. The van der Waals surface area contributed by atoms with E-state index in [0.717, 1.165) is 30.1 Å². The molecule has 0 aromatic heterocycles. The van der Waals surface area contributed by atoms with Gasteiger partial charge in [-0.2, -0.15) is 0 Å². The highest BCUT2D eigenvalue weighted by Crippen LogP contribution is 2.37. The molecule has 0 fully saturated rings. The first-order chi connectivity index (χ1) is 9.43. The van der Waals surface area contributed by atoms with E-state index in [4.69, 9.17) is 4.74 Å². The number of methoxy groups -OCH3 is 1. The largest absolute Gasteiger partial charge is 0.496 e. The van der Waals surface area contributed by atoms with E-state index in [1.165, 1.54) is 0 Å². The van der Waals surface area contributed by atoms with Crippen molar-refractivity contribution in [3.8, 4) is 5.75 Å². The second kappa shape index (κ2) is 6.60. The summed E-state index contributed by atoms with van der Waals surface area (Å²) in [4.78, 5) is 0. The van der Waals surface area contributed by atoms with Gasteiger partial charge in [-0.3, -0.25) is 0 Å². The molecule has 0 aliphatic rings. The Kier molecular flexibility index (Phi) is 5.29. The Hall–Kier alpha value is -0.360. The van der Waals surface area contributed by atoms with E-state index in [9.17, 15) is 5.11 Å². The molecule has 0 saturated heterocycles. The summed E-state index contributed by atoms with van der Waals surface area (Å²) < 4.78 is 8.13. The second-order valence-electron chi connectivity index (χ2n) is 4.41. The first-order valence-corrected chi connectivity index (χ1v) is 8.29. The summed E-state index contributed by atoms with van der Waals surface area (Å²) in [5.41, 5.74) is 2.59. The van der Waals surface area contributed by atoms with Gasteiger partial charge in [0.2, 0.25) is 0 Å². The van der Waals surface area contributed by atoms with E-state index in [1.54, 1.807) is 7.11 Å². The van der Waals surface area contributed by atoms with Crippen molar-refractivity contribution >= 4 is 47.8 Å². The monoisotopic (exact) mass is 462 g/mol. The molecule has 5 heteroatoms. The van der Waals surface area contributed by atoms with Crippen LogP contribution in [0.5, 0.6) is 5.75 Å². The van der Waals surface area contributed by atoms with Crippen molar-refractivity contribution in [2.24, 2.45) is 0 Å². The third-order valence-electron chi connectivity index (χ3n) is 3.06. The minimum absolute atomic E-state index is 0.674. The fourth-order valence-corrected chi connectivity index (χ4v) is 3.58. The van der Waals surface area contributed by atoms with Crippen LogP contribution < -0.4 is 4.74 Å². The molecule has 2 aromatic rings. The molecule has 1 N–H and O–H groups in total. The van der Waals surface area contributed by atoms with Gasteiger partial charge in [0.25, 0.3) is 0 Å². The number of aliphatic hydroxyl groups is 1. The quantitative estimate of drug-likeness (QED) is 0.661. The number of ether oxygens (including phenoxy) is 1. The fraction of sp³-hybridized carbons (Fsp3) is 0.200. The summed E-state index contributed by atoms with van der Waals surface area (Å²) in [6, 6.07) is 9.50. The van der Waals surface area contributed by atoms with Crippen LogP contribution in [-0.4, -0.2) is 12.2 Å². The van der Waals surface area contributed by atoms with E-state index in [-0.39, 0.29) is 0 Å². The van der Waals surface area contributed by atoms with Crippen LogP contribution in [0.4, 0.5) is 0 Å². The van der Waals surface area contributed by atoms with E-state index >= 15 is 0 Å². The number of halogens is 3. The Morgan fingerprint density at radius 1 is 1.00 bits per heavy atom. The number of hydrogen-bond acceptors (Lipinski definition) is 2. The van der Waals surface area contributed by atoms with Gasteiger partial charge in [0.15, 0.2) is 0 Å². The zero-order valence-electron chi connectivity index (χ0n) is 11.0. The molecule has 0 amide bonds. The summed E-state index contributed by atoms with van der Waals surface area (Å²) in [5, 5.41) is 10.6. The molecule has 2 nitrogen and oxygen atoms in total. The topological polar surface area (TPSA) is 29.5 Å². The average molecular weight is 465 g/mol. The Labute approximate surface area is 143 Å². The van der Waals surface area contributed by atoms with E-state index < -0.39 is 6.10 Å². The maximum atomic E-state index is 10.6. The maximum absolute atomic E-state index is 10.6. The highest BCUT2D eigenvalue weighted by Gasteiger charge is 2.19. The molecular formula is C15H13Br3O2. The van der Waals surface area contributed by atoms with Crippen molar-refractivity contribution in [3.63, 3.8) is 0 Å². The van der Waals surface area contributed by atoms with E-state index in [1.807, 2.05) is 37.3 Å². The minimum Gasteiger partial charge on any atom is -0.496 e. The molecule has 20 heavy (non-hydrogen) atoms. The second-order valence-corrected chi connectivity index (χ2v) is 7.04. The SMILES string of the molecule is COc1cc(C)c(Br)cc1C(O)c1ccc(Br)cc1Br. The third-order valence-corrected chi connectivity index (χ3v) is 5.10. The first kappa shape index (κ1) is 16.0. The maximum Gasteiger partial charge on any atom is 0.125 e. The van der Waals surface area contributed by atoms with Crippen molar-refractivity contribution in [2.45, 2.75) is 13.0 Å². The molecule has 0 heterocycles. The van der Waals surface area contributed by atoms with Crippen LogP contribution in [0.1, 0.15) is 22.8 Å². The van der Waals surface area contributed by atoms with Crippen LogP contribution in [0.3, 0.4) is 0 Å². The van der Waals surface area contributed by atoms with Gasteiger partial charge in [0.1, 0.15) is 11.9 Å². The summed E-state index contributed by atoms with van der Waals surface area (Å²) in [6.07, 6.45) is -0.760. The summed E-state index contributed by atoms with van der Waals surface area (Å²) in [6.45, 7) is 1.98. The summed E-state index contributed by atoms with van der Waals surface area (Å²) >= 11 is 10.4. The van der Waals surface area contributed by atoms with Crippen molar-refractivity contribution in [3.05, 3.63) is 60.4 Å². The Morgan fingerprint density at radius 3 is 2.30 bits per heavy atom. The molecule has 0 bridgehead atoms. The van der Waals surface area contributed by atoms with Crippen LogP contribution in [0.25, 0.3) is 0 Å². The van der Waals surface area contributed by atoms with Crippen molar-refractivity contribution < 1.29 is 9.84 Å². The molecule has 1 atom stereocenters. The molecule has 0 spiro atoms. The zero-order valence-corrected chi connectivity index (χ0v) is 15.7. The van der Waals surface area contributed by atoms with Gasteiger partial charge in [-0.25, -0.2) is 0 Å². The van der Waals surface area contributed by atoms with Gasteiger partial charge in [-0.1, -0.05) is 53.9 Å². The lowest BCUT2D eigenvalue weighted by Gasteiger charge is -2.18. The number of benzene rings is 2. The van der Waals surface area contributed by atoms with E-state index in [0.29, 0.717) is 5.75 Å². The highest BCUT2D eigenvalue weighted by atomic mass is 79.9. The minimum atomic E-state index is -0.760. The van der Waals surface area contributed by atoms with Crippen molar-refractivity contribution in [1.82, 2.24) is 0 Å². The first-order valence-electron chi connectivity index (χ1n) is 5.91. The summed E-state index contributed by atoms with van der Waals surface area (Å²) in [7, 11) is 1.61. The zero-order chi connectivity index (χ0) is 14.9. The summed E-state index contributed by atoms with van der Waals surface area (Å²) in [5.74, 6) is 0.674. The number of rotatable bonds is 3. The lowest BCUT2D eigenvalue weighted by Crippen LogP contribution is -2.04. The molecule has 1 unspecified atom stereocenters. The molecule has 106 valence electrons. The van der Waals surface area contributed by atoms with Crippen LogP contribution >= 0.6 is 47.8 Å². The van der Waals surface area contributed by atoms with Gasteiger partial charge in [-0.05, 0) is 42.3 Å². The number of hydrogen-bond donors (Lipinski definition) is 1. The lowest BCUT2D eigenvalue weighted by molar-refractivity contribution is 0.214. The van der Waals surface area contributed by atoms with Gasteiger partial charge in [-0.15, -0.1) is 0 Å². The van der Waals surface area contributed by atoms with Gasteiger partial charge >= 0.3 is 0 Å². The Morgan fingerprint density at radius 2 is 1.70 bits per heavy atom. The Balaban J connectivity index is 2.52. The molecular weight excluding hydrogens is 452 g/mol. The molecule has 2 aromatic carbocycles. The molecule has 2 rings (SSSR count).